The molecule has 4 heteroatoms. The third-order valence-electron chi connectivity index (χ3n) is 3.93. The first-order chi connectivity index (χ1) is 8.71. The number of rotatable bonds is 7. The second kappa shape index (κ2) is 8.48. The summed E-state index contributed by atoms with van der Waals surface area (Å²) in [5.74, 6) is 0.956. The minimum Gasteiger partial charge on any atom is -0.396 e. The summed E-state index contributed by atoms with van der Waals surface area (Å²) in [4.78, 5) is 16.2. The van der Waals surface area contributed by atoms with Gasteiger partial charge >= 0.3 is 0 Å². The van der Waals surface area contributed by atoms with E-state index in [0.29, 0.717) is 12.8 Å². The molecule has 0 unspecified atom stereocenters. The topological polar surface area (TPSA) is 43.8 Å². The molecule has 106 valence electrons. The number of aliphatic hydroxyl groups excluding tert-OH is 1. The van der Waals surface area contributed by atoms with Crippen molar-refractivity contribution >= 4 is 5.91 Å². The molecule has 0 aliphatic carbocycles. The highest BCUT2D eigenvalue weighted by molar-refractivity contribution is 5.76. The van der Waals surface area contributed by atoms with Gasteiger partial charge in [-0.25, -0.2) is 0 Å². The molecule has 0 aromatic heterocycles. The van der Waals surface area contributed by atoms with Crippen molar-refractivity contribution in [3.63, 3.8) is 0 Å². The molecule has 1 rings (SSSR count). The Hall–Kier alpha value is -0.610. The van der Waals surface area contributed by atoms with Gasteiger partial charge in [0.25, 0.3) is 0 Å². The second-order valence-electron chi connectivity index (χ2n) is 5.14. The lowest BCUT2D eigenvalue weighted by Gasteiger charge is -2.34. The highest BCUT2D eigenvalue weighted by atomic mass is 16.3. The predicted octanol–water partition coefficient (Wildman–Crippen LogP) is 1.34. The molecule has 1 heterocycles. The van der Waals surface area contributed by atoms with E-state index in [9.17, 15) is 4.79 Å². The highest BCUT2D eigenvalue weighted by Gasteiger charge is 2.23. The Balaban J connectivity index is 2.25. The van der Waals surface area contributed by atoms with Crippen molar-refractivity contribution in [1.82, 2.24) is 9.80 Å². The first-order valence-corrected chi connectivity index (χ1v) is 7.32. The molecule has 4 nitrogen and oxygen atoms in total. The number of aliphatic hydroxyl groups is 1. The van der Waals surface area contributed by atoms with Crippen LogP contribution in [0.4, 0.5) is 0 Å². The zero-order valence-electron chi connectivity index (χ0n) is 11.9. The average molecular weight is 256 g/mol. The summed E-state index contributed by atoms with van der Waals surface area (Å²) in [5, 5.41) is 8.73. The molecule has 0 aromatic rings. The second-order valence-corrected chi connectivity index (χ2v) is 5.14. The zero-order valence-corrected chi connectivity index (χ0v) is 11.9. The van der Waals surface area contributed by atoms with Crippen molar-refractivity contribution in [2.24, 2.45) is 5.92 Å². The van der Waals surface area contributed by atoms with Crippen LogP contribution in [0.1, 0.15) is 39.5 Å². The van der Waals surface area contributed by atoms with E-state index in [-0.39, 0.29) is 12.5 Å². The van der Waals surface area contributed by atoms with Crippen LogP contribution in [0.25, 0.3) is 0 Å². The van der Waals surface area contributed by atoms with E-state index in [0.717, 1.165) is 44.9 Å². The summed E-state index contributed by atoms with van der Waals surface area (Å²) < 4.78 is 0. The van der Waals surface area contributed by atoms with Crippen molar-refractivity contribution in [3.8, 4) is 0 Å². The maximum absolute atomic E-state index is 11.8. The number of carbonyl (C=O) groups excluding carboxylic acids is 1. The zero-order chi connectivity index (χ0) is 13.4. The summed E-state index contributed by atoms with van der Waals surface area (Å²) in [6, 6.07) is 0. The van der Waals surface area contributed by atoms with Gasteiger partial charge in [-0.05, 0) is 38.3 Å². The van der Waals surface area contributed by atoms with Gasteiger partial charge in [0.15, 0.2) is 0 Å². The van der Waals surface area contributed by atoms with E-state index >= 15 is 0 Å². The number of hydrogen-bond donors (Lipinski definition) is 1. The third kappa shape index (κ3) is 4.94. The Morgan fingerprint density at radius 3 is 2.39 bits per heavy atom. The number of likely N-dealkylation sites (tertiary alicyclic amines) is 1. The van der Waals surface area contributed by atoms with E-state index in [4.69, 9.17) is 5.11 Å². The van der Waals surface area contributed by atoms with Crippen molar-refractivity contribution in [3.05, 3.63) is 0 Å². The lowest BCUT2D eigenvalue weighted by Crippen LogP contribution is -2.41. The van der Waals surface area contributed by atoms with Crippen LogP contribution in [-0.4, -0.2) is 60.1 Å². The molecule has 0 spiro atoms. The van der Waals surface area contributed by atoms with Gasteiger partial charge in [-0.2, -0.15) is 0 Å². The summed E-state index contributed by atoms with van der Waals surface area (Å²) in [6.45, 7) is 9.73. The van der Waals surface area contributed by atoms with Crippen LogP contribution in [-0.2, 0) is 4.79 Å². The minimum atomic E-state index is 0.115. The van der Waals surface area contributed by atoms with Crippen molar-refractivity contribution < 1.29 is 9.90 Å². The highest BCUT2D eigenvalue weighted by Crippen LogP contribution is 2.19. The van der Waals surface area contributed by atoms with Crippen LogP contribution >= 0.6 is 0 Å². The fourth-order valence-corrected chi connectivity index (χ4v) is 2.60. The average Bonchev–Trinajstić information content (AvgIpc) is 2.42. The van der Waals surface area contributed by atoms with E-state index < -0.39 is 0 Å². The number of nitrogens with zero attached hydrogens (tertiary/aromatic N) is 2. The molecule has 1 aliphatic rings. The number of piperidine rings is 1. The Morgan fingerprint density at radius 1 is 1.28 bits per heavy atom. The Morgan fingerprint density at radius 2 is 1.89 bits per heavy atom. The van der Waals surface area contributed by atoms with E-state index in [1.165, 1.54) is 6.54 Å². The molecule has 1 N–H and O–H groups in total. The molecule has 0 radical (unpaired) electrons. The van der Waals surface area contributed by atoms with Gasteiger partial charge in [-0.15, -0.1) is 0 Å². The maximum atomic E-state index is 11.8. The van der Waals surface area contributed by atoms with E-state index in [1.807, 2.05) is 4.90 Å². The number of hydrogen-bond acceptors (Lipinski definition) is 3. The summed E-state index contributed by atoms with van der Waals surface area (Å²) in [6.07, 6.45) is 3.35. The van der Waals surface area contributed by atoms with Crippen molar-refractivity contribution in [2.45, 2.75) is 39.5 Å². The lowest BCUT2D eigenvalue weighted by atomic mass is 9.96. The Bertz CT molecular complexity index is 234. The van der Waals surface area contributed by atoms with Crippen LogP contribution in [0.15, 0.2) is 0 Å². The third-order valence-corrected chi connectivity index (χ3v) is 3.93. The van der Waals surface area contributed by atoms with Crippen LogP contribution in [0.3, 0.4) is 0 Å². The predicted molar refractivity (Wildman–Crippen MR) is 73.4 cm³/mol. The Labute approximate surface area is 111 Å². The molecule has 18 heavy (non-hydrogen) atoms. The lowest BCUT2D eigenvalue weighted by molar-refractivity contribution is -0.132. The molecule has 1 amide bonds. The molecule has 1 aliphatic heterocycles. The SMILES string of the molecule is CCN(CC)CC1CCN(C(=O)CCCO)CC1. The number of amides is 1. The van der Waals surface area contributed by atoms with E-state index in [2.05, 4.69) is 18.7 Å². The van der Waals surface area contributed by atoms with Gasteiger partial charge < -0.3 is 14.9 Å². The van der Waals surface area contributed by atoms with Crippen LogP contribution in [0, 0.1) is 5.92 Å². The molecule has 0 bridgehead atoms. The fraction of sp³-hybridized carbons (Fsp3) is 0.929. The van der Waals surface area contributed by atoms with E-state index in [1.54, 1.807) is 0 Å². The quantitative estimate of drug-likeness (QED) is 0.747. The number of carbonyl (C=O) groups is 1. The van der Waals surface area contributed by atoms with Crippen LogP contribution < -0.4 is 0 Å². The van der Waals surface area contributed by atoms with Crippen molar-refractivity contribution in [1.29, 1.82) is 0 Å². The fourth-order valence-electron chi connectivity index (χ4n) is 2.60. The van der Waals surface area contributed by atoms with Gasteiger partial charge in [0.2, 0.25) is 5.91 Å². The van der Waals surface area contributed by atoms with Gasteiger partial charge in [-0.3, -0.25) is 4.79 Å². The summed E-state index contributed by atoms with van der Waals surface area (Å²) in [5.41, 5.74) is 0. The normalized spacial score (nSPS) is 17.4. The minimum absolute atomic E-state index is 0.115. The summed E-state index contributed by atoms with van der Waals surface area (Å²) >= 11 is 0. The van der Waals surface area contributed by atoms with Gasteiger partial charge in [-0.1, -0.05) is 13.8 Å². The molecule has 1 fully saturated rings. The molecule has 0 atom stereocenters. The van der Waals surface area contributed by atoms with Gasteiger partial charge in [0.1, 0.15) is 0 Å². The van der Waals surface area contributed by atoms with Crippen LogP contribution in [0.5, 0.6) is 0 Å². The van der Waals surface area contributed by atoms with Crippen LogP contribution in [0.2, 0.25) is 0 Å². The molecular formula is C14H28N2O2. The molecule has 0 aromatic carbocycles. The maximum Gasteiger partial charge on any atom is 0.222 e. The smallest absolute Gasteiger partial charge is 0.222 e. The van der Waals surface area contributed by atoms with Gasteiger partial charge in [0.05, 0.1) is 0 Å². The molecular weight excluding hydrogens is 228 g/mol. The first-order valence-electron chi connectivity index (χ1n) is 7.32. The Kier molecular flexibility index (Phi) is 7.28. The van der Waals surface area contributed by atoms with Crippen molar-refractivity contribution in [2.75, 3.05) is 39.3 Å². The summed E-state index contributed by atoms with van der Waals surface area (Å²) in [7, 11) is 0. The molecule has 1 saturated heterocycles. The van der Waals surface area contributed by atoms with Gasteiger partial charge in [0, 0.05) is 32.7 Å². The monoisotopic (exact) mass is 256 g/mol. The molecule has 0 saturated carbocycles. The first kappa shape index (κ1) is 15.4. The largest absolute Gasteiger partial charge is 0.396 e. The standard InChI is InChI=1S/C14H28N2O2/c1-3-15(4-2)12-13-7-9-16(10-8-13)14(18)6-5-11-17/h13,17H,3-12H2,1-2H3.